The predicted octanol–water partition coefficient (Wildman–Crippen LogP) is -0.751. The maximum Gasteiger partial charge on any atom is 0.239 e. The van der Waals surface area contributed by atoms with E-state index in [1.165, 1.54) is 10.6 Å². The van der Waals surface area contributed by atoms with Crippen molar-refractivity contribution in [3.05, 3.63) is 0 Å². The van der Waals surface area contributed by atoms with E-state index >= 15 is 0 Å². The molecule has 1 heterocycles. The minimum atomic E-state index is -3.14. The van der Waals surface area contributed by atoms with Crippen LogP contribution in [0, 0.1) is 0 Å². The molecule has 1 aliphatic rings. The minimum absolute atomic E-state index is 0. The third-order valence-corrected chi connectivity index (χ3v) is 4.08. The lowest BCUT2D eigenvalue weighted by molar-refractivity contribution is -0.133. The van der Waals surface area contributed by atoms with Crippen molar-refractivity contribution in [3.63, 3.8) is 0 Å². The van der Waals surface area contributed by atoms with Crippen LogP contribution in [0.15, 0.2) is 0 Å². The van der Waals surface area contributed by atoms with Crippen molar-refractivity contribution < 1.29 is 13.2 Å². The normalized spacial score (nSPS) is 19.6. The van der Waals surface area contributed by atoms with Gasteiger partial charge in [-0.1, -0.05) is 6.92 Å². The Kier molecular flexibility index (Phi) is 6.39. The summed E-state index contributed by atoms with van der Waals surface area (Å²) >= 11 is 0. The summed E-state index contributed by atoms with van der Waals surface area (Å²) in [5.74, 6) is -0.0874. The molecule has 0 aliphatic carbocycles. The Morgan fingerprint density at radius 1 is 1.29 bits per heavy atom. The highest BCUT2D eigenvalue weighted by atomic mass is 35.5. The molecule has 0 bridgehead atoms. The van der Waals surface area contributed by atoms with Crippen LogP contribution in [0.2, 0.25) is 0 Å². The van der Waals surface area contributed by atoms with Gasteiger partial charge in [-0.2, -0.15) is 4.31 Å². The number of halogens is 1. The van der Waals surface area contributed by atoms with Crippen LogP contribution in [0.1, 0.15) is 13.3 Å². The Morgan fingerprint density at radius 2 is 1.76 bits per heavy atom. The molecular formula is C9H20ClN3O3S. The van der Waals surface area contributed by atoms with Gasteiger partial charge >= 0.3 is 0 Å². The average molecular weight is 286 g/mol. The third kappa shape index (κ3) is 4.42. The quantitative estimate of drug-likeness (QED) is 0.739. The van der Waals surface area contributed by atoms with Crippen molar-refractivity contribution >= 4 is 28.3 Å². The number of piperazine rings is 1. The molecular weight excluding hydrogens is 266 g/mol. The number of hydrogen-bond donors (Lipinski definition) is 1. The monoisotopic (exact) mass is 285 g/mol. The van der Waals surface area contributed by atoms with Gasteiger partial charge in [-0.25, -0.2) is 8.42 Å². The standard InChI is InChI=1S/C9H19N3O3S.ClH/c1-3-8(10)9(13)11-4-6-12(7-5-11)16(2,14)15;/h8H,3-7,10H2,1-2H3;1H/t8-;/m0./s1. The Bertz CT molecular complexity index is 352. The molecule has 0 aromatic rings. The lowest BCUT2D eigenvalue weighted by atomic mass is 10.2. The highest BCUT2D eigenvalue weighted by Gasteiger charge is 2.27. The first-order chi connectivity index (χ1) is 7.36. The van der Waals surface area contributed by atoms with Gasteiger partial charge < -0.3 is 10.6 Å². The van der Waals surface area contributed by atoms with E-state index < -0.39 is 16.1 Å². The van der Waals surface area contributed by atoms with Crippen LogP contribution in [0.3, 0.4) is 0 Å². The zero-order valence-electron chi connectivity index (χ0n) is 10.1. The van der Waals surface area contributed by atoms with Gasteiger partial charge in [-0.3, -0.25) is 4.79 Å². The van der Waals surface area contributed by atoms with Crippen molar-refractivity contribution in [2.45, 2.75) is 19.4 Å². The fourth-order valence-corrected chi connectivity index (χ4v) is 2.48. The van der Waals surface area contributed by atoms with Gasteiger partial charge in [0, 0.05) is 26.2 Å². The third-order valence-electron chi connectivity index (χ3n) is 2.78. The highest BCUT2D eigenvalue weighted by Crippen LogP contribution is 2.07. The molecule has 1 atom stereocenters. The van der Waals surface area contributed by atoms with Crippen LogP contribution in [0.4, 0.5) is 0 Å². The lowest BCUT2D eigenvalue weighted by Gasteiger charge is -2.34. The topological polar surface area (TPSA) is 83.7 Å². The Labute approximate surface area is 109 Å². The zero-order chi connectivity index (χ0) is 12.3. The van der Waals surface area contributed by atoms with Gasteiger partial charge in [0.05, 0.1) is 12.3 Å². The van der Waals surface area contributed by atoms with E-state index in [2.05, 4.69) is 0 Å². The number of sulfonamides is 1. The molecule has 17 heavy (non-hydrogen) atoms. The summed E-state index contributed by atoms with van der Waals surface area (Å²) in [6, 6.07) is -0.468. The number of nitrogens with zero attached hydrogens (tertiary/aromatic N) is 2. The maximum absolute atomic E-state index is 11.7. The Morgan fingerprint density at radius 3 is 2.12 bits per heavy atom. The number of nitrogens with two attached hydrogens (primary N) is 1. The van der Waals surface area contributed by atoms with E-state index in [0.717, 1.165) is 0 Å². The summed E-state index contributed by atoms with van der Waals surface area (Å²) in [6.07, 6.45) is 1.79. The second-order valence-corrected chi connectivity index (χ2v) is 5.98. The van der Waals surface area contributed by atoms with Crippen LogP contribution in [-0.4, -0.2) is 62.0 Å². The van der Waals surface area contributed by atoms with Gasteiger partial charge in [0.25, 0.3) is 0 Å². The van der Waals surface area contributed by atoms with E-state index in [9.17, 15) is 13.2 Å². The first kappa shape index (κ1) is 16.6. The van der Waals surface area contributed by atoms with Crippen LogP contribution in [0.25, 0.3) is 0 Å². The Balaban J connectivity index is 0.00000256. The number of rotatable bonds is 3. The largest absolute Gasteiger partial charge is 0.339 e. The molecule has 1 saturated heterocycles. The number of hydrogen-bond acceptors (Lipinski definition) is 4. The maximum atomic E-state index is 11.7. The zero-order valence-corrected chi connectivity index (χ0v) is 11.8. The predicted molar refractivity (Wildman–Crippen MR) is 68.5 cm³/mol. The summed E-state index contributed by atoms with van der Waals surface area (Å²) in [4.78, 5) is 13.4. The first-order valence-electron chi connectivity index (χ1n) is 5.35. The van der Waals surface area contributed by atoms with Crippen molar-refractivity contribution in [1.82, 2.24) is 9.21 Å². The van der Waals surface area contributed by atoms with Crippen LogP contribution < -0.4 is 5.73 Å². The average Bonchev–Trinajstić information content (AvgIpc) is 2.26. The van der Waals surface area contributed by atoms with Crippen molar-refractivity contribution in [2.24, 2.45) is 5.73 Å². The van der Waals surface area contributed by atoms with Crippen molar-refractivity contribution in [1.29, 1.82) is 0 Å². The van der Waals surface area contributed by atoms with E-state index in [0.29, 0.717) is 32.6 Å². The van der Waals surface area contributed by atoms with E-state index in [1.54, 1.807) is 4.90 Å². The molecule has 0 aromatic heterocycles. The van der Waals surface area contributed by atoms with Crippen LogP contribution >= 0.6 is 12.4 Å². The van der Waals surface area contributed by atoms with Gasteiger partial charge in [-0.15, -0.1) is 12.4 Å². The van der Waals surface area contributed by atoms with E-state index in [-0.39, 0.29) is 18.3 Å². The molecule has 0 saturated carbocycles. The van der Waals surface area contributed by atoms with Crippen molar-refractivity contribution in [2.75, 3.05) is 32.4 Å². The summed E-state index contributed by atoms with van der Waals surface area (Å²) < 4.78 is 23.9. The second-order valence-electron chi connectivity index (χ2n) is 4.00. The van der Waals surface area contributed by atoms with E-state index in [1.807, 2.05) is 6.92 Å². The molecule has 1 amide bonds. The fraction of sp³-hybridized carbons (Fsp3) is 0.889. The molecule has 1 fully saturated rings. The van der Waals surface area contributed by atoms with Gasteiger partial charge in [0.15, 0.2) is 0 Å². The summed E-state index contributed by atoms with van der Waals surface area (Å²) in [5.41, 5.74) is 5.64. The Hall–Kier alpha value is -0.370. The van der Waals surface area contributed by atoms with Gasteiger partial charge in [0.1, 0.15) is 0 Å². The molecule has 0 aromatic carbocycles. The van der Waals surface area contributed by atoms with Crippen molar-refractivity contribution in [3.8, 4) is 0 Å². The first-order valence-corrected chi connectivity index (χ1v) is 7.20. The molecule has 102 valence electrons. The lowest BCUT2D eigenvalue weighted by Crippen LogP contribution is -2.53. The summed E-state index contributed by atoms with van der Waals surface area (Å²) in [7, 11) is -3.14. The molecule has 8 heteroatoms. The SMILES string of the molecule is CC[C@H](N)C(=O)N1CCN(S(C)(=O)=O)CC1.Cl. The molecule has 2 N–H and O–H groups in total. The van der Waals surface area contributed by atoms with Gasteiger partial charge in [0.2, 0.25) is 15.9 Å². The second kappa shape index (κ2) is 6.53. The van der Waals surface area contributed by atoms with E-state index in [4.69, 9.17) is 5.73 Å². The minimum Gasteiger partial charge on any atom is -0.339 e. The number of carbonyl (C=O) groups excluding carboxylic acids is 1. The molecule has 0 unspecified atom stereocenters. The molecule has 6 nitrogen and oxygen atoms in total. The molecule has 0 spiro atoms. The van der Waals surface area contributed by atoms with Gasteiger partial charge in [-0.05, 0) is 6.42 Å². The smallest absolute Gasteiger partial charge is 0.239 e. The van der Waals surface area contributed by atoms with Crippen LogP contribution in [0.5, 0.6) is 0 Å². The molecule has 1 rings (SSSR count). The van der Waals surface area contributed by atoms with Crippen LogP contribution in [-0.2, 0) is 14.8 Å². The number of amides is 1. The highest BCUT2D eigenvalue weighted by molar-refractivity contribution is 7.88. The fourth-order valence-electron chi connectivity index (χ4n) is 1.65. The molecule has 1 aliphatic heterocycles. The summed E-state index contributed by atoms with van der Waals surface area (Å²) in [5, 5.41) is 0. The number of carbonyl (C=O) groups is 1. The molecule has 0 radical (unpaired) electrons. The summed E-state index contributed by atoms with van der Waals surface area (Å²) in [6.45, 7) is 3.44.